The second kappa shape index (κ2) is 10.5. The molecule has 7 nitrogen and oxygen atoms in total. The number of carbonyl (C=O) groups excluding carboxylic acids is 2. The van der Waals surface area contributed by atoms with E-state index in [1.165, 1.54) is 43.4 Å². The van der Waals surface area contributed by atoms with Crippen molar-refractivity contribution >= 4 is 17.4 Å². The van der Waals surface area contributed by atoms with E-state index in [-0.39, 0.29) is 17.9 Å². The van der Waals surface area contributed by atoms with Crippen LogP contribution in [0.5, 0.6) is 17.2 Å². The molecule has 0 spiro atoms. The topological polar surface area (TPSA) is 85.3 Å². The minimum Gasteiger partial charge on any atom is -0.507 e. The van der Waals surface area contributed by atoms with E-state index in [9.17, 15) is 19.1 Å². The summed E-state index contributed by atoms with van der Waals surface area (Å²) in [6.45, 7) is 0.178. The number of Topliss-reactive ketones (excluding diaryl/α,β-unsaturated/α-hetero) is 1. The van der Waals surface area contributed by atoms with Crippen molar-refractivity contribution in [3.05, 3.63) is 94.8 Å². The number of benzene rings is 3. The SMILES string of the molecule is COc1cccc(C(O)=C2C(=O)C(=O)N(CCc3ccc(OC)c(OC)c3)C2c2ccc(F)cc2)c1. The third kappa shape index (κ3) is 4.75. The maximum absolute atomic E-state index is 13.7. The lowest BCUT2D eigenvalue weighted by molar-refractivity contribution is -0.139. The summed E-state index contributed by atoms with van der Waals surface area (Å²) in [5, 5.41) is 11.2. The first kappa shape index (κ1) is 24.8. The van der Waals surface area contributed by atoms with Crippen LogP contribution in [0, 0.1) is 5.82 Å². The average molecular weight is 492 g/mol. The molecule has 3 aromatic rings. The number of amides is 1. The Kier molecular flexibility index (Phi) is 7.24. The molecule has 1 unspecified atom stereocenters. The van der Waals surface area contributed by atoms with Gasteiger partial charge in [-0.15, -0.1) is 0 Å². The second-order valence-electron chi connectivity index (χ2n) is 8.22. The highest BCUT2D eigenvalue weighted by atomic mass is 19.1. The zero-order chi connectivity index (χ0) is 25.8. The van der Waals surface area contributed by atoms with Crippen LogP contribution >= 0.6 is 0 Å². The zero-order valence-corrected chi connectivity index (χ0v) is 20.2. The number of ether oxygens (including phenoxy) is 3. The standard InChI is InChI=1S/C28H26FNO6/c1-34-21-6-4-5-19(16-21)26(31)24-25(18-8-10-20(29)11-9-18)30(28(33)27(24)32)14-13-17-7-12-22(35-2)23(15-17)36-3/h4-12,15-16,25,31H,13-14H2,1-3H3. The summed E-state index contributed by atoms with van der Waals surface area (Å²) in [5.74, 6) is -0.716. The predicted molar refractivity (Wildman–Crippen MR) is 132 cm³/mol. The summed E-state index contributed by atoms with van der Waals surface area (Å²) in [6.07, 6.45) is 0.407. The monoisotopic (exact) mass is 491 g/mol. The number of rotatable bonds is 8. The molecule has 0 bridgehead atoms. The van der Waals surface area contributed by atoms with Gasteiger partial charge in [-0.2, -0.15) is 0 Å². The summed E-state index contributed by atoms with van der Waals surface area (Å²) in [7, 11) is 4.57. The van der Waals surface area contributed by atoms with Crippen molar-refractivity contribution in [1.82, 2.24) is 4.90 Å². The van der Waals surface area contributed by atoms with Gasteiger partial charge in [-0.1, -0.05) is 30.3 Å². The van der Waals surface area contributed by atoms with Crippen molar-refractivity contribution in [3.8, 4) is 17.2 Å². The van der Waals surface area contributed by atoms with Crippen molar-refractivity contribution in [1.29, 1.82) is 0 Å². The summed E-state index contributed by atoms with van der Waals surface area (Å²) in [5.41, 5.74) is 1.64. The fraction of sp³-hybridized carbons (Fsp3) is 0.214. The lowest BCUT2D eigenvalue weighted by Crippen LogP contribution is -2.31. The highest BCUT2D eigenvalue weighted by Crippen LogP contribution is 2.40. The quantitative estimate of drug-likeness (QED) is 0.283. The Balaban J connectivity index is 1.75. The first-order valence-electron chi connectivity index (χ1n) is 11.3. The van der Waals surface area contributed by atoms with E-state index in [1.807, 2.05) is 6.07 Å². The number of halogens is 1. The number of ketones is 1. The molecule has 8 heteroatoms. The first-order valence-corrected chi connectivity index (χ1v) is 11.3. The maximum atomic E-state index is 13.7. The van der Waals surface area contributed by atoms with Crippen LogP contribution < -0.4 is 14.2 Å². The van der Waals surface area contributed by atoms with E-state index in [1.54, 1.807) is 43.5 Å². The summed E-state index contributed by atoms with van der Waals surface area (Å²) >= 11 is 0. The molecule has 0 radical (unpaired) electrons. The Morgan fingerprint density at radius 1 is 0.917 bits per heavy atom. The number of carbonyl (C=O) groups is 2. The van der Waals surface area contributed by atoms with Crippen LogP contribution in [0.3, 0.4) is 0 Å². The van der Waals surface area contributed by atoms with E-state index >= 15 is 0 Å². The van der Waals surface area contributed by atoms with Crippen molar-refractivity contribution in [2.45, 2.75) is 12.5 Å². The molecule has 1 amide bonds. The maximum Gasteiger partial charge on any atom is 0.295 e. The fourth-order valence-electron chi connectivity index (χ4n) is 4.31. The van der Waals surface area contributed by atoms with Gasteiger partial charge >= 0.3 is 0 Å². The van der Waals surface area contributed by atoms with Gasteiger partial charge in [0.15, 0.2) is 11.5 Å². The Morgan fingerprint density at radius 2 is 1.64 bits per heavy atom. The lowest BCUT2D eigenvalue weighted by Gasteiger charge is -2.25. The van der Waals surface area contributed by atoms with E-state index in [0.29, 0.717) is 34.8 Å². The number of hydrogen-bond acceptors (Lipinski definition) is 6. The number of methoxy groups -OCH3 is 3. The number of likely N-dealkylation sites (tertiary alicyclic amines) is 1. The van der Waals surface area contributed by atoms with Crippen LogP contribution in [0.15, 0.2) is 72.3 Å². The number of nitrogens with zero attached hydrogens (tertiary/aromatic N) is 1. The minimum atomic E-state index is -0.892. The summed E-state index contributed by atoms with van der Waals surface area (Å²) in [4.78, 5) is 27.7. The average Bonchev–Trinajstić information content (AvgIpc) is 3.16. The van der Waals surface area contributed by atoms with Gasteiger partial charge in [-0.05, 0) is 53.9 Å². The molecule has 3 aromatic carbocycles. The predicted octanol–water partition coefficient (Wildman–Crippen LogP) is 4.52. The number of hydrogen-bond donors (Lipinski definition) is 1. The fourth-order valence-corrected chi connectivity index (χ4v) is 4.31. The summed E-state index contributed by atoms with van der Waals surface area (Å²) < 4.78 is 29.5. The molecule has 0 aromatic heterocycles. The molecule has 1 atom stereocenters. The first-order chi connectivity index (χ1) is 17.4. The molecule has 36 heavy (non-hydrogen) atoms. The van der Waals surface area contributed by atoms with Crippen LogP contribution in [-0.4, -0.2) is 49.6 Å². The van der Waals surface area contributed by atoms with Gasteiger partial charge in [0.25, 0.3) is 11.7 Å². The number of aliphatic hydroxyl groups excluding tert-OH is 1. The Labute approximate surface area is 208 Å². The Morgan fingerprint density at radius 3 is 2.31 bits per heavy atom. The molecule has 4 rings (SSSR count). The van der Waals surface area contributed by atoms with Crippen LogP contribution in [0.4, 0.5) is 4.39 Å². The van der Waals surface area contributed by atoms with Gasteiger partial charge in [0.2, 0.25) is 0 Å². The normalized spacial score (nSPS) is 16.8. The Hall–Kier alpha value is -4.33. The molecular formula is C28H26FNO6. The van der Waals surface area contributed by atoms with E-state index < -0.39 is 23.5 Å². The minimum absolute atomic E-state index is 0.0628. The lowest BCUT2D eigenvalue weighted by atomic mass is 9.95. The van der Waals surface area contributed by atoms with Gasteiger partial charge in [-0.25, -0.2) is 4.39 Å². The van der Waals surface area contributed by atoms with Crippen molar-refractivity contribution in [2.24, 2.45) is 0 Å². The van der Waals surface area contributed by atoms with Crippen molar-refractivity contribution in [3.63, 3.8) is 0 Å². The van der Waals surface area contributed by atoms with Gasteiger partial charge < -0.3 is 24.2 Å². The van der Waals surface area contributed by atoms with Gasteiger partial charge in [0.05, 0.1) is 32.9 Å². The van der Waals surface area contributed by atoms with Crippen molar-refractivity contribution in [2.75, 3.05) is 27.9 Å². The highest BCUT2D eigenvalue weighted by Gasteiger charge is 2.45. The molecule has 1 N–H and O–H groups in total. The van der Waals surface area contributed by atoms with Gasteiger partial charge in [-0.3, -0.25) is 9.59 Å². The molecule has 1 heterocycles. The third-order valence-electron chi connectivity index (χ3n) is 6.16. The van der Waals surface area contributed by atoms with Gasteiger partial charge in [0, 0.05) is 12.1 Å². The van der Waals surface area contributed by atoms with Crippen LogP contribution in [0.2, 0.25) is 0 Å². The highest BCUT2D eigenvalue weighted by molar-refractivity contribution is 6.46. The largest absolute Gasteiger partial charge is 0.507 e. The Bertz CT molecular complexity index is 1320. The molecular weight excluding hydrogens is 465 g/mol. The molecule has 0 saturated carbocycles. The third-order valence-corrected chi connectivity index (χ3v) is 6.16. The second-order valence-corrected chi connectivity index (χ2v) is 8.22. The zero-order valence-electron chi connectivity index (χ0n) is 20.2. The molecule has 0 aliphatic carbocycles. The molecule has 1 aliphatic heterocycles. The van der Waals surface area contributed by atoms with Crippen LogP contribution in [0.25, 0.3) is 5.76 Å². The van der Waals surface area contributed by atoms with Gasteiger partial charge in [0.1, 0.15) is 17.3 Å². The van der Waals surface area contributed by atoms with Crippen LogP contribution in [-0.2, 0) is 16.0 Å². The van der Waals surface area contributed by atoms with E-state index in [0.717, 1.165) is 5.56 Å². The number of aliphatic hydroxyl groups is 1. The molecule has 1 aliphatic rings. The molecule has 186 valence electrons. The van der Waals surface area contributed by atoms with Crippen LogP contribution in [0.1, 0.15) is 22.7 Å². The summed E-state index contributed by atoms with van der Waals surface area (Å²) in [6, 6.07) is 16.6. The van der Waals surface area contributed by atoms with Crippen molar-refractivity contribution < 1.29 is 33.3 Å². The smallest absolute Gasteiger partial charge is 0.295 e. The molecule has 1 saturated heterocycles. The van der Waals surface area contributed by atoms with E-state index in [2.05, 4.69) is 0 Å². The molecule has 1 fully saturated rings. The van der Waals surface area contributed by atoms with E-state index in [4.69, 9.17) is 14.2 Å².